The average molecular weight is 242 g/mol. The second-order valence-corrected chi connectivity index (χ2v) is 4.05. The fraction of sp³-hybridized carbons (Fsp3) is 0.364. The number of aliphatic imine (C=N–C) groups is 1. The molecule has 5 heteroatoms. The van der Waals surface area contributed by atoms with E-state index in [2.05, 4.69) is 4.99 Å². The fourth-order valence-corrected chi connectivity index (χ4v) is 1.99. The molecular formula is C11H9ClFNO2. The first-order valence-electron chi connectivity index (χ1n) is 4.76. The minimum Gasteiger partial charge on any atom is -0.495 e. The monoisotopic (exact) mass is 241 g/mol. The van der Waals surface area contributed by atoms with E-state index < -0.39 is 11.4 Å². The van der Waals surface area contributed by atoms with Crippen LogP contribution in [0.3, 0.4) is 0 Å². The molecule has 0 spiro atoms. The van der Waals surface area contributed by atoms with E-state index in [0.717, 1.165) is 12.8 Å². The van der Waals surface area contributed by atoms with Crippen molar-refractivity contribution in [1.82, 2.24) is 0 Å². The maximum Gasteiger partial charge on any atom is 0.235 e. The van der Waals surface area contributed by atoms with Gasteiger partial charge in [-0.25, -0.2) is 9.18 Å². The Balaban J connectivity index is 2.57. The molecule has 1 aliphatic carbocycles. The third kappa shape index (κ3) is 1.60. The molecule has 0 amide bonds. The Labute approximate surface area is 96.9 Å². The number of hydrogen-bond acceptors (Lipinski definition) is 3. The second kappa shape index (κ2) is 3.89. The van der Waals surface area contributed by atoms with Crippen LogP contribution in [0.5, 0.6) is 5.75 Å². The lowest BCUT2D eigenvalue weighted by molar-refractivity contribution is 0.401. The van der Waals surface area contributed by atoms with E-state index in [1.807, 2.05) is 0 Å². The molecule has 1 aromatic rings. The van der Waals surface area contributed by atoms with Crippen LogP contribution in [0.15, 0.2) is 17.1 Å². The SMILES string of the molecule is COc1c(C2(N=C=O)CC2)ccc(F)c1Cl. The lowest BCUT2D eigenvalue weighted by atomic mass is 10.0. The second-order valence-electron chi connectivity index (χ2n) is 3.68. The van der Waals surface area contributed by atoms with E-state index in [1.54, 1.807) is 6.07 Å². The predicted molar refractivity (Wildman–Crippen MR) is 57.0 cm³/mol. The molecule has 1 fully saturated rings. The van der Waals surface area contributed by atoms with Gasteiger partial charge in [0.1, 0.15) is 22.1 Å². The van der Waals surface area contributed by atoms with Crippen LogP contribution in [0.25, 0.3) is 0 Å². The molecule has 16 heavy (non-hydrogen) atoms. The minimum absolute atomic E-state index is 0.0765. The molecule has 0 atom stereocenters. The van der Waals surface area contributed by atoms with Gasteiger partial charge < -0.3 is 4.74 Å². The molecule has 0 unspecified atom stereocenters. The number of ether oxygens (including phenoxy) is 1. The van der Waals surface area contributed by atoms with Crippen molar-refractivity contribution in [3.8, 4) is 5.75 Å². The Bertz CT molecular complexity index is 479. The first-order valence-corrected chi connectivity index (χ1v) is 5.14. The third-order valence-corrected chi connectivity index (χ3v) is 3.09. The number of rotatable bonds is 3. The minimum atomic E-state index is -0.607. The van der Waals surface area contributed by atoms with Gasteiger partial charge in [-0.15, -0.1) is 0 Å². The van der Waals surface area contributed by atoms with Crippen LogP contribution in [0.1, 0.15) is 18.4 Å². The first-order chi connectivity index (χ1) is 7.64. The van der Waals surface area contributed by atoms with Gasteiger partial charge in [0.15, 0.2) is 0 Å². The normalized spacial score (nSPS) is 16.4. The fourth-order valence-electron chi connectivity index (χ4n) is 1.75. The number of carbonyl (C=O) groups excluding carboxylic acids is 1. The summed E-state index contributed by atoms with van der Waals surface area (Å²) >= 11 is 5.79. The number of nitrogens with zero attached hydrogens (tertiary/aromatic N) is 1. The zero-order valence-corrected chi connectivity index (χ0v) is 9.34. The summed E-state index contributed by atoms with van der Waals surface area (Å²) in [5, 5.41) is -0.0765. The Hall–Kier alpha value is -1.38. The number of benzene rings is 1. The van der Waals surface area contributed by atoms with Gasteiger partial charge >= 0.3 is 0 Å². The van der Waals surface area contributed by atoms with Gasteiger partial charge in [0.2, 0.25) is 6.08 Å². The van der Waals surface area contributed by atoms with Crippen molar-refractivity contribution in [2.45, 2.75) is 18.4 Å². The Kier molecular flexibility index (Phi) is 2.70. The topological polar surface area (TPSA) is 38.7 Å². The van der Waals surface area contributed by atoms with Crippen molar-refractivity contribution in [3.05, 3.63) is 28.5 Å². The quantitative estimate of drug-likeness (QED) is 0.603. The van der Waals surface area contributed by atoms with Gasteiger partial charge in [-0.1, -0.05) is 11.6 Å². The van der Waals surface area contributed by atoms with Crippen molar-refractivity contribution in [3.63, 3.8) is 0 Å². The summed E-state index contributed by atoms with van der Waals surface area (Å²) in [5.41, 5.74) is 0.0366. The molecule has 0 bridgehead atoms. The largest absolute Gasteiger partial charge is 0.495 e. The summed E-state index contributed by atoms with van der Waals surface area (Å²) in [6.45, 7) is 0. The lowest BCUT2D eigenvalue weighted by Gasteiger charge is -2.14. The number of isocyanates is 1. The molecule has 0 aromatic heterocycles. The molecule has 0 radical (unpaired) electrons. The molecule has 2 rings (SSSR count). The van der Waals surface area contributed by atoms with Crippen molar-refractivity contribution >= 4 is 17.7 Å². The average Bonchev–Trinajstić information content (AvgIpc) is 3.03. The first kappa shape index (κ1) is 11.1. The van der Waals surface area contributed by atoms with E-state index in [9.17, 15) is 9.18 Å². The lowest BCUT2D eigenvalue weighted by Crippen LogP contribution is -2.06. The zero-order chi connectivity index (χ0) is 11.8. The summed E-state index contributed by atoms with van der Waals surface area (Å²) in [6, 6.07) is 2.80. The standard InChI is InChI=1S/C11H9ClFNO2/c1-16-10-7(2-3-8(13)9(10)12)11(4-5-11)14-6-15/h2-3H,4-5H2,1H3. The summed E-state index contributed by atoms with van der Waals surface area (Å²) in [5.74, 6) is -0.300. The molecular weight excluding hydrogens is 233 g/mol. The molecule has 84 valence electrons. The molecule has 1 saturated carbocycles. The van der Waals surface area contributed by atoms with Gasteiger partial charge in [0, 0.05) is 5.56 Å². The van der Waals surface area contributed by atoms with Crippen LogP contribution in [0.4, 0.5) is 4.39 Å². The summed E-state index contributed by atoms with van der Waals surface area (Å²) in [6.07, 6.45) is 2.98. The smallest absolute Gasteiger partial charge is 0.235 e. The maximum absolute atomic E-state index is 13.2. The highest BCUT2D eigenvalue weighted by Gasteiger charge is 2.47. The maximum atomic E-state index is 13.2. The number of halogens is 2. The van der Waals surface area contributed by atoms with Gasteiger partial charge in [-0.2, -0.15) is 4.99 Å². The van der Waals surface area contributed by atoms with Gasteiger partial charge in [-0.05, 0) is 25.0 Å². The molecule has 0 N–H and O–H groups in total. The van der Waals surface area contributed by atoms with Crippen molar-refractivity contribution in [2.24, 2.45) is 4.99 Å². The molecule has 0 saturated heterocycles. The highest BCUT2D eigenvalue weighted by Crippen LogP contribution is 2.53. The highest BCUT2D eigenvalue weighted by molar-refractivity contribution is 6.32. The van der Waals surface area contributed by atoms with Gasteiger partial charge in [0.25, 0.3) is 0 Å². The summed E-state index contributed by atoms with van der Waals surface area (Å²) < 4.78 is 18.3. The summed E-state index contributed by atoms with van der Waals surface area (Å²) in [4.78, 5) is 14.1. The van der Waals surface area contributed by atoms with Crippen LogP contribution in [-0.4, -0.2) is 13.2 Å². The number of hydrogen-bond donors (Lipinski definition) is 0. The number of methoxy groups -OCH3 is 1. The Morgan fingerprint density at radius 1 is 1.56 bits per heavy atom. The van der Waals surface area contributed by atoms with E-state index in [4.69, 9.17) is 16.3 Å². The van der Waals surface area contributed by atoms with Crippen LogP contribution in [0.2, 0.25) is 5.02 Å². The van der Waals surface area contributed by atoms with E-state index >= 15 is 0 Å². The molecule has 0 heterocycles. The van der Waals surface area contributed by atoms with Gasteiger partial charge in [0.05, 0.1) is 7.11 Å². The van der Waals surface area contributed by atoms with Crippen molar-refractivity contribution in [2.75, 3.05) is 7.11 Å². The van der Waals surface area contributed by atoms with E-state index in [0.29, 0.717) is 5.56 Å². The third-order valence-electron chi connectivity index (χ3n) is 2.74. The predicted octanol–water partition coefficient (Wildman–Crippen LogP) is 2.81. The Morgan fingerprint density at radius 2 is 2.25 bits per heavy atom. The van der Waals surface area contributed by atoms with Gasteiger partial charge in [-0.3, -0.25) is 0 Å². The van der Waals surface area contributed by atoms with Crippen molar-refractivity contribution < 1.29 is 13.9 Å². The summed E-state index contributed by atoms with van der Waals surface area (Å²) in [7, 11) is 1.41. The van der Waals surface area contributed by atoms with Crippen molar-refractivity contribution in [1.29, 1.82) is 0 Å². The van der Waals surface area contributed by atoms with E-state index in [1.165, 1.54) is 19.3 Å². The highest BCUT2D eigenvalue weighted by atomic mass is 35.5. The molecule has 3 nitrogen and oxygen atoms in total. The van der Waals surface area contributed by atoms with Crippen LogP contribution >= 0.6 is 11.6 Å². The van der Waals surface area contributed by atoms with Crippen LogP contribution in [0, 0.1) is 5.82 Å². The van der Waals surface area contributed by atoms with Crippen LogP contribution in [-0.2, 0) is 10.3 Å². The van der Waals surface area contributed by atoms with Crippen LogP contribution < -0.4 is 4.74 Å². The molecule has 1 aromatic carbocycles. The molecule has 1 aliphatic rings. The Morgan fingerprint density at radius 3 is 2.75 bits per heavy atom. The van der Waals surface area contributed by atoms with E-state index in [-0.39, 0.29) is 10.8 Å². The molecule has 0 aliphatic heterocycles. The zero-order valence-electron chi connectivity index (χ0n) is 8.59.